The van der Waals surface area contributed by atoms with Gasteiger partial charge in [0.05, 0.1) is 5.71 Å². The summed E-state index contributed by atoms with van der Waals surface area (Å²) in [4.78, 5) is 4.70. The van der Waals surface area contributed by atoms with Crippen LogP contribution in [0.25, 0.3) is 0 Å². The van der Waals surface area contributed by atoms with Crippen LogP contribution in [0.5, 0.6) is 0 Å². The van der Waals surface area contributed by atoms with Crippen molar-refractivity contribution in [2.75, 3.05) is 0 Å². The molecule has 0 fully saturated rings. The van der Waals surface area contributed by atoms with Crippen LogP contribution in [0.15, 0.2) is 17.8 Å². The van der Waals surface area contributed by atoms with Crippen LogP contribution < -0.4 is 5.73 Å². The first-order chi connectivity index (χ1) is 4.16. The zero-order valence-corrected chi connectivity index (χ0v) is 5.79. The lowest BCUT2D eigenvalue weighted by Crippen LogP contribution is -2.18. The van der Waals surface area contributed by atoms with Gasteiger partial charge in [0.2, 0.25) is 0 Å². The van der Waals surface area contributed by atoms with Crippen LogP contribution in [0.3, 0.4) is 0 Å². The quantitative estimate of drug-likeness (QED) is 0.265. The maximum absolute atomic E-state index is 5.27. The number of hydrogen-bond donors (Lipinski definition) is 1. The molecule has 9 heavy (non-hydrogen) atoms. The minimum atomic E-state index is -0.486. The Morgan fingerprint density at radius 3 is 2.67 bits per heavy atom. The van der Waals surface area contributed by atoms with Crippen molar-refractivity contribution in [1.82, 2.24) is 0 Å². The monoisotopic (exact) mass is 128 g/mol. The fourth-order valence-corrected chi connectivity index (χ4v) is 0.209. The van der Waals surface area contributed by atoms with Gasteiger partial charge < -0.3 is 4.84 Å². The molecule has 52 valence electrons. The van der Waals surface area contributed by atoms with Crippen LogP contribution in [0.2, 0.25) is 0 Å². The van der Waals surface area contributed by atoms with Gasteiger partial charge in [-0.05, 0) is 19.9 Å². The lowest BCUT2D eigenvalue weighted by Gasteiger charge is -2.01. The van der Waals surface area contributed by atoms with Crippen molar-refractivity contribution < 1.29 is 4.84 Å². The Labute approximate surface area is 55.2 Å². The Kier molecular flexibility index (Phi) is 3.71. The smallest absolute Gasteiger partial charge is 0.194 e. The molecule has 3 heteroatoms. The Balaban J connectivity index is 3.49. The molecule has 0 aliphatic carbocycles. The Hall–Kier alpha value is -0.830. The van der Waals surface area contributed by atoms with Gasteiger partial charge in [0.15, 0.2) is 6.23 Å². The second kappa shape index (κ2) is 4.09. The fourth-order valence-electron chi connectivity index (χ4n) is 0.209. The molecular weight excluding hydrogens is 116 g/mol. The molecule has 0 spiro atoms. The van der Waals surface area contributed by atoms with Crippen LogP contribution in [-0.4, -0.2) is 11.9 Å². The van der Waals surface area contributed by atoms with Crippen LogP contribution in [0.4, 0.5) is 0 Å². The molecule has 0 rings (SSSR count). The molecule has 1 unspecified atom stereocenters. The second-order valence-electron chi connectivity index (χ2n) is 1.84. The maximum atomic E-state index is 5.27. The van der Waals surface area contributed by atoms with Gasteiger partial charge in [-0.2, -0.15) is 0 Å². The zero-order valence-electron chi connectivity index (χ0n) is 5.79. The van der Waals surface area contributed by atoms with Gasteiger partial charge in [-0.25, -0.2) is 0 Å². The maximum Gasteiger partial charge on any atom is 0.194 e. The zero-order chi connectivity index (χ0) is 7.28. The highest BCUT2D eigenvalue weighted by atomic mass is 16.6. The molecule has 0 bridgehead atoms. The van der Waals surface area contributed by atoms with Gasteiger partial charge in [-0.1, -0.05) is 11.7 Å². The number of nitrogens with zero attached hydrogens (tertiary/aromatic N) is 1. The summed E-state index contributed by atoms with van der Waals surface area (Å²) >= 11 is 0. The molecule has 0 aliphatic rings. The predicted octanol–water partition coefficient (Wildman–Crippen LogP) is 0.870. The molecule has 0 saturated carbocycles. The third kappa shape index (κ3) is 5.03. The van der Waals surface area contributed by atoms with E-state index < -0.39 is 6.23 Å². The van der Waals surface area contributed by atoms with E-state index in [0.29, 0.717) is 0 Å². The van der Waals surface area contributed by atoms with E-state index in [1.54, 1.807) is 0 Å². The first-order valence-electron chi connectivity index (χ1n) is 2.72. The van der Waals surface area contributed by atoms with Crippen LogP contribution >= 0.6 is 0 Å². The van der Waals surface area contributed by atoms with E-state index in [2.05, 4.69) is 11.7 Å². The van der Waals surface area contributed by atoms with Crippen molar-refractivity contribution in [2.45, 2.75) is 20.1 Å². The summed E-state index contributed by atoms with van der Waals surface area (Å²) in [5.41, 5.74) is 6.11. The SMILES string of the molecule is C=CC(N)ON=C(C)C. The molecular formula is C6H12N2O. The van der Waals surface area contributed by atoms with E-state index in [4.69, 9.17) is 10.6 Å². The van der Waals surface area contributed by atoms with Crippen molar-refractivity contribution in [1.29, 1.82) is 0 Å². The normalized spacial score (nSPS) is 11.9. The highest BCUT2D eigenvalue weighted by Gasteiger charge is 1.90. The van der Waals surface area contributed by atoms with Crippen molar-refractivity contribution in [3.63, 3.8) is 0 Å². The summed E-state index contributed by atoms with van der Waals surface area (Å²) in [6.07, 6.45) is 0.992. The van der Waals surface area contributed by atoms with Crippen molar-refractivity contribution in [3.8, 4) is 0 Å². The summed E-state index contributed by atoms with van der Waals surface area (Å²) < 4.78 is 0. The van der Waals surface area contributed by atoms with Gasteiger partial charge in [0.1, 0.15) is 0 Å². The standard InChI is InChI=1S/C6H12N2O/c1-4-6(7)9-8-5(2)3/h4,6H,1,7H2,2-3H3. The molecule has 0 aromatic heterocycles. The summed E-state index contributed by atoms with van der Waals surface area (Å²) in [5.74, 6) is 0. The lowest BCUT2D eigenvalue weighted by molar-refractivity contribution is 0.0973. The first-order valence-corrected chi connectivity index (χ1v) is 2.72. The molecule has 2 N–H and O–H groups in total. The highest BCUT2D eigenvalue weighted by molar-refractivity contribution is 5.78. The first kappa shape index (κ1) is 8.17. The molecule has 3 nitrogen and oxygen atoms in total. The molecule has 0 amide bonds. The molecule has 0 heterocycles. The Bertz CT molecular complexity index is 116. The third-order valence-electron chi connectivity index (χ3n) is 0.589. The molecule has 0 radical (unpaired) electrons. The second-order valence-corrected chi connectivity index (χ2v) is 1.84. The van der Waals surface area contributed by atoms with Crippen LogP contribution in [-0.2, 0) is 4.84 Å². The van der Waals surface area contributed by atoms with E-state index in [0.717, 1.165) is 5.71 Å². The Morgan fingerprint density at radius 1 is 1.78 bits per heavy atom. The van der Waals surface area contributed by atoms with Crippen molar-refractivity contribution >= 4 is 5.71 Å². The predicted molar refractivity (Wildman–Crippen MR) is 38.0 cm³/mol. The number of nitrogens with two attached hydrogens (primary N) is 1. The molecule has 1 atom stereocenters. The highest BCUT2D eigenvalue weighted by Crippen LogP contribution is 1.85. The molecule has 0 saturated heterocycles. The third-order valence-corrected chi connectivity index (χ3v) is 0.589. The number of hydrogen-bond acceptors (Lipinski definition) is 3. The molecule has 0 aliphatic heterocycles. The van der Waals surface area contributed by atoms with Gasteiger partial charge in [-0.3, -0.25) is 5.73 Å². The van der Waals surface area contributed by atoms with Crippen LogP contribution in [0, 0.1) is 0 Å². The van der Waals surface area contributed by atoms with Gasteiger partial charge in [0, 0.05) is 0 Å². The van der Waals surface area contributed by atoms with E-state index in [9.17, 15) is 0 Å². The lowest BCUT2D eigenvalue weighted by atomic mass is 10.5. The largest absolute Gasteiger partial charge is 0.373 e. The summed E-state index contributed by atoms with van der Waals surface area (Å²) in [5, 5.41) is 3.62. The van der Waals surface area contributed by atoms with Crippen molar-refractivity contribution in [2.24, 2.45) is 10.9 Å². The van der Waals surface area contributed by atoms with Gasteiger partial charge in [0.25, 0.3) is 0 Å². The Morgan fingerprint density at radius 2 is 2.33 bits per heavy atom. The minimum absolute atomic E-state index is 0.486. The molecule has 0 aromatic carbocycles. The van der Waals surface area contributed by atoms with E-state index in [-0.39, 0.29) is 0 Å². The molecule has 0 aromatic rings. The fraction of sp³-hybridized carbons (Fsp3) is 0.500. The van der Waals surface area contributed by atoms with E-state index in [1.165, 1.54) is 6.08 Å². The number of rotatable bonds is 3. The van der Waals surface area contributed by atoms with E-state index >= 15 is 0 Å². The summed E-state index contributed by atoms with van der Waals surface area (Å²) in [6, 6.07) is 0. The average Bonchev–Trinajstić information content (AvgIpc) is 1.83. The van der Waals surface area contributed by atoms with Crippen LogP contribution in [0.1, 0.15) is 13.8 Å². The summed E-state index contributed by atoms with van der Waals surface area (Å²) in [6.45, 7) is 7.08. The average molecular weight is 128 g/mol. The number of oxime groups is 1. The minimum Gasteiger partial charge on any atom is -0.373 e. The van der Waals surface area contributed by atoms with Gasteiger partial charge >= 0.3 is 0 Å². The summed E-state index contributed by atoms with van der Waals surface area (Å²) in [7, 11) is 0. The van der Waals surface area contributed by atoms with Crippen molar-refractivity contribution in [3.05, 3.63) is 12.7 Å². The topological polar surface area (TPSA) is 47.6 Å². The van der Waals surface area contributed by atoms with Gasteiger partial charge in [-0.15, -0.1) is 0 Å². The van der Waals surface area contributed by atoms with E-state index in [1.807, 2.05) is 13.8 Å².